The van der Waals surface area contributed by atoms with Gasteiger partial charge >= 0.3 is 5.69 Å². The van der Waals surface area contributed by atoms with E-state index in [0.717, 1.165) is 15.2 Å². The number of halogens is 3. The van der Waals surface area contributed by atoms with Crippen LogP contribution >= 0.6 is 0 Å². The smallest absolute Gasteiger partial charge is 0.332 e. The second-order valence-corrected chi connectivity index (χ2v) is 6.41. The summed E-state index contributed by atoms with van der Waals surface area (Å²) in [6.45, 7) is 3.23. The van der Waals surface area contributed by atoms with E-state index in [0.29, 0.717) is 6.07 Å². The zero-order chi connectivity index (χ0) is 20.5. The van der Waals surface area contributed by atoms with Crippen LogP contribution in [-0.4, -0.2) is 21.5 Å². The molecule has 10 heteroatoms. The fraction of sp³-hybridized carbons (Fsp3) is 0.353. The molecular formula is C17H19F3N4O3. The van der Waals surface area contributed by atoms with Gasteiger partial charge in [-0.25, -0.2) is 18.0 Å². The van der Waals surface area contributed by atoms with Gasteiger partial charge in [0.05, 0.1) is 12.2 Å². The first-order valence-corrected chi connectivity index (χ1v) is 8.06. The first-order chi connectivity index (χ1) is 12.6. The van der Waals surface area contributed by atoms with Crippen LogP contribution in [0.4, 0.5) is 24.7 Å². The largest absolute Gasteiger partial charge is 0.384 e. The molecule has 0 bridgehead atoms. The number of nitrogens with one attached hydrogen (secondary N) is 1. The van der Waals surface area contributed by atoms with Crippen molar-refractivity contribution < 1.29 is 18.0 Å². The zero-order valence-corrected chi connectivity index (χ0v) is 15.0. The van der Waals surface area contributed by atoms with Crippen LogP contribution in [0.3, 0.4) is 0 Å². The minimum atomic E-state index is -1.69. The summed E-state index contributed by atoms with van der Waals surface area (Å²) in [6.07, 6.45) is 0. The molecule has 0 unspecified atom stereocenters. The summed E-state index contributed by atoms with van der Waals surface area (Å²) in [5.74, 6) is -5.66. The highest BCUT2D eigenvalue weighted by atomic mass is 19.2. The van der Waals surface area contributed by atoms with E-state index in [4.69, 9.17) is 5.73 Å². The molecular weight excluding hydrogens is 365 g/mol. The van der Waals surface area contributed by atoms with Crippen LogP contribution in [-0.2, 0) is 13.6 Å². The molecule has 146 valence electrons. The maximum atomic E-state index is 13.7. The van der Waals surface area contributed by atoms with Crippen molar-refractivity contribution in [2.75, 3.05) is 17.6 Å². The highest BCUT2D eigenvalue weighted by molar-refractivity contribution is 6.02. The van der Waals surface area contributed by atoms with Crippen molar-refractivity contribution in [1.82, 2.24) is 9.13 Å². The van der Waals surface area contributed by atoms with E-state index in [2.05, 4.69) is 5.32 Å². The Hall–Kier alpha value is -3.04. The van der Waals surface area contributed by atoms with Gasteiger partial charge in [-0.2, -0.15) is 0 Å². The normalized spacial score (nSPS) is 11.1. The predicted molar refractivity (Wildman–Crippen MR) is 94.3 cm³/mol. The maximum absolute atomic E-state index is 13.7. The van der Waals surface area contributed by atoms with Crippen LogP contribution < -0.4 is 22.3 Å². The fourth-order valence-corrected chi connectivity index (χ4v) is 2.51. The molecule has 0 aliphatic carbocycles. The van der Waals surface area contributed by atoms with Gasteiger partial charge in [0.15, 0.2) is 23.2 Å². The lowest BCUT2D eigenvalue weighted by molar-refractivity contribution is 0.100. The van der Waals surface area contributed by atoms with Crippen LogP contribution in [0.25, 0.3) is 0 Å². The van der Waals surface area contributed by atoms with Gasteiger partial charge < -0.3 is 11.1 Å². The van der Waals surface area contributed by atoms with E-state index in [9.17, 15) is 27.6 Å². The molecule has 0 fully saturated rings. The molecule has 3 N–H and O–H groups in total. The number of nitrogens with zero attached hydrogens (tertiary/aromatic N) is 2. The standard InChI is InChI=1S/C17H19F3N4O3/c1-8(2)7-24-15(21)12(16(26)23(3)17(24)27)11(25)6-22-10-5-4-9(18)13(19)14(10)20/h4-5,8,22H,6-7,21H2,1-3H3. The van der Waals surface area contributed by atoms with Gasteiger partial charge in [-0.1, -0.05) is 13.8 Å². The Kier molecular flexibility index (Phi) is 5.77. The number of Topliss-reactive ketones (excluding diaryl/α,β-unsaturated/α-hetero) is 1. The van der Waals surface area contributed by atoms with Crippen molar-refractivity contribution in [2.24, 2.45) is 13.0 Å². The number of rotatable bonds is 6. The monoisotopic (exact) mass is 384 g/mol. The van der Waals surface area contributed by atoms with Crippen molar-refractivity contribution in [1.29, 1.82) is 0 Å². The number of nitrogens with two attached hydrogens (primary N) is 1. The Labute approximate surface area is 152 Å². The van der Waals surface area contributed by atoms with E-state index in [1.54, 1.807) is 0 Å². The van der Waals surface area contributed by atoms with E-state index in [1.807, 2.05) is 13.8 Å². The third-order valence-corrected chi connectivity index (χ3v) is 3.88. The lowest BCUT2D eigenvalue weighted by Gasteiger charge is -2.16. The molecule has 0 aliphatic heterocycles. The summed E-state index contributed by atoms with van der Waals surface area (Å²) < 4.78 is 41.7. The molecule has 0 amide bonds. The summed E-state index contributed by atoms with van der Waals surface area (Å²) in [6, 6.07) is 1.61. The summed E-state index contributed by atoms with van der Waals surface area (Å²) >= 11 is 0. The van der Waals surface area contributed by atoms with E-state index < -0.39 is 52.3 Å². The van der Waals surface area contributed by atoms with E-state index in [1.165, 1.54) is 7.05 Å². The maximum Gasteiger partial charge on any atom is 0.332 e. The zero-order valence-electron chi connectivity index (χ0n) is 15.0. The van der Waals surface area contributed by atoms with Crippen molar-refractivity contribution in [3.8, 4) is 0 Å². The van der Waals surface area contributed by atoms with Crippen molar-refractivity contribution in [3.05, 3.63) is 56.0 Å². The van der Waals surface area contributed by atoms with E-state index in [-0.39, 0.29) is 18.3 Å². The number of aromatic nitrogens is 2. The topological polar surface area (TPSA) is 99.1 Å². The molecule has 0 atom stereocenters. The second kappa shape index (κ2) is 7.68. The molecule has 1 aromatic heterocycles. The Bertz CT molecular complexity index is 1010. The quantitative estimate of drug-likeness (QED) is 0.581. The van der Waals surface area contributed by atoms with Crippen LogP contribution in [0.15, 0.2) is 21.7 Å². The number of anilines is 2. The minimum Gasteiger partial charge on any atom is -0.384 e. The number of carbonyl (C=O) groups excluding carboxylic acids is 1. The van der Waals surface area contributed by atoms with Gasteiger partial charge in [0.25, 0.3) is 5.56 Å². The molecule has 0 spiro atoms. The number of ketones is 1. The van der Waals surface area contributed by atoms with E-state index >= 15 is 0 Å². The fourth-order valence-electron chi connectivity index (χ4n) is 2.51. The Balaban J connectivity index is 2.39. The summed E-state index contributed by atoms with van der Waals surface area (Å²) in [4.78, 5) is 37.0. The Morgan fingerprint density at radius 3 is 2.41 bits per heavy atom. The second-order valence-electron chi connectivity index (χ2n) is 6.41. The number of hydrogen-bond donors (Lipinski definition) is 2. The molecule has 0 aliphatic rings. The van der Waals surface area contributed by atoms with Gasteiger partial charge in [-0.05, 0) is 18.1 Å². The third-order valence-electron chi connectivity index (χ3n) is 3.88. The van der Waals surface area contributed by atoms with Gasteiger partial charge in [0.2, 0.25) is 0 Å². The van der Waals surface area contributed by atoms with Crippen molar-refractivity contribution >= 4 is 17.3 Å². The summed E-state index contributed by atoms with van der Waals surface area (Å²) in [5.41, 5.74) is 3.42. The van der Waals surface area contributed by atoms with Crippen molar-refractivity contribution in [3.63, 3.8) is 0 Å². The molecule has 7 nitrogen and oxygen atoms in total. The molecule has 0 saturated carbocycles. The van der Waals surface area contributed by atoms with Gasteiger partial charge in [-0.15, -0.1) is 0 Å². The first-order valence-electron chi connectivity index (χ1n) is 8.06. The van der Waals surface area contributed by atoms with Gasteiger partial charge in [0, 0.05) is 13.6 Å². The first kappa shape index (κ1) is 20.3. The van der Waals surface area contributed by atoms with Crippen LogP contribution in [0.5, 0.6) is 0 Å². The minimum absolute atomic E-state index is 0.0138. The number of hydrogen-bond acceptors (Lipinski definition) is 5. The lowest BCUT2D eigenvalue weighted by Crippen LogP contribution is -2.43. The Morgan fingerprint density at radius 1 is 1.19 bits per heavy atom. The highest BCUT2D eigenvalue weighted by Gasteiger charge is 2.22. The molecule has 2 aromatic rings. The average molecular weight is 384 g/mol. The SMILES string of the molecule is CC(C)Cn1c(N)c(C(=O)CNc2ccc(F)c(F)c2F)c(=O)n(C)c1=O. The Morgan fingerprint density at radius 2 is 1.81 bits per heavy atom. The molecule has 0 saturated heterocycles. The third kappa shape index (κ3) is 3.88. The lowest BCUT2D eigenvalue weighted by atomic mass is 10.1. The van der Waals surface area contributed by atoms with Gasteiger partial charge in [-0.3, -0.25) is 18.7 Å². The molecule has 27 heavy (non-hydrogen) atoms. The number of nitrogen functional groups attached to an aromatic ring is 1. The average Bonchev–Trinajstić information content (AvgIpc) is 2.61. The van der Waals surface area contributed by atoms with Crippen LogP contribution in [0, 0.1) is 23.4 Å². The predicted octanol–water partition coefficient (Wildman–Crippen LogP) is 1.50. The van der Waals surface area contributed by atoms with Crippen molar-refractivity contribution in [2.45, 2.75) is 20.4 Å². The molecule has 1 aromatic carbocycles. The molecule has 0 radical (unpaired) electrons. The van der Waals surface area contributed by atoms with Crippen LogP contribution in [0.2, 0.25) is 0 Å². The summed E-state index contributed by atoms with van der Waals surface area (Å²) in [7, 11) is 1.21. The van der Waals surface area contributed by atoms with Crippen LogP contribution in [0.1, 0.15) is 24.2 Å². The molecule has 2 rings (SSSR count). The highest BCUT2D eigenvalue weighted by Crippen LogP contribution is 2.19. The molecule has 1 heterocycles. The number of benzene rings is 1. The summed E-state index contributed by atoms with van der Waals surface area (Å²) in [5, 5.41) is 2.31. The number of carbonyl (C=O) groups is 1. The van der Waals surface area contributed by atoms with Gasteiger partial charge in [0.1, 0.15) is 11.4 Å².